The molecule has 1 N–H and O–H groups in total. The first-order valence-corrected chi connectivity index (χ1v) is 13.3. The van der Waals surface area contributed by atoms with E-state index in [0.29, 0.717) is 12.1 Å². The maximum atomic E-state index is 13.0. The molecule has 1 aromatic heterocycles. The average molecular weight is 485 g/mol. The van der Waals surface area contributed by atoms with Crippen LogP contribution in [-0.4, -0.2) is 28.3 Å². The molecular formula is C26H36N4O3S. The number of rotatable bonds is 9. The number of aryl methyl sites for hydroxylation is 1. The maximum Gasteiger partial charge on any atom is 0.346 e. The summed E-state index contributed by atoms with van der Waals surface area (Å²) in [6, 6.07) is 14.7. The Balaban J connectivity index is 1.93. The molecule has 8 heteroatoms. The van der Waals surface area contributed by atoms with E-state index in [0.717, 1.165) is 36.2 Å². The fraction of sp³-hybridized carbons (Fsp3) is 0.462. The third-order valence-electron chi connectivity index (χ3n) is 5.43. The van der Waals surface area contributed by atoms with Gasteiger partial charge in [0.25, 0.3) is 0 Å². The van der Waals surface area contributed by atoms with E-state index in [1.54, 1.807) is 21.4 Å². The molecule has 0 unspecified atom stereocenters. The van der Waals surface area contributed by atoms with Gasteiger partial charge in [0.2, 0.25) is 10.0 Å². The molecule has 0 atom stereocenters. The molecule has 0 fully saturated rings. The minimum absolute atomic E-state index is 0.00309. The van der Waals surface area contributed by atoms with Gasteiger partial charge in [-0.25, -0.2) is 22.6 Å². The quantitative estimate of drug-likeness (QED) is 0.474. The van der Waals surface area contributed by atoms with Crippen molar-refractivity contribution in [3.8, 4) is 11.1 Å². The zero-order valence-electron chi connectivity index (χ0n) is 21.0. The van der Waals surface area contributed by atoms with Crippen molar-refractivity contribution in [2.24, 2.45) is 0 Å². The maximum absolute atomic E-state index is 13.0. The molecule has 0 spiro atoms. The standard InChI is InChI=1S/C26H36N4O3S/c1-7-8-13-24-27-30(19(2)3)25(31)29(24)18-20-14-16-21(17-15-20)22-11-9-10-12-23(22)34(32,33)28-26(4,5)6/h9-12,14-17,19,28H,7-8,13,18H2,1-6H3. The van der Waals surface area contributed by atoms with Crippen LogP contribution in [0.25, 0.3) is 11.1 Å². The molecule has 7 nitrogen and oxygen atoms in total. The summed E-state index contributed by atoms with van der Waals surface area (Å²) in [7, 11) is -3.69. The van der Waals surface area contributed by atoms with Crippen LogP contribution in [0, 0.1) is 0 Å². The van der Waals surface area contributed by atoms with E-state index < -0.39 is 15.6 Å². The highest BCUT2D eigenvalue weighted by Crippen LogP contribution is 2.28. The third kappa shape index (κ3) is 6.04. The zero-order chi connectivity index (χ0) is 25.1. The molecule has 34 heavy (non-hydrogen) atoms. The molecule has 184 valence electrons. The number of aromatic nitrogens is 3. The van der Waals surface area contributed by atoms with Crippen LogP contribution in [0.2, 0.25) is 0 Å². The number of benzene rings is 2. The Kier molecular flexibility index (Phi) is 7.83. The minimum atomic E-state index is -3.69. The van der Waals surface area contributed by atoms with E-state index in [1.165, 1.54) is 0 Å². The largest absolute Gasteiger partial charge is 0.346 e. The number of hydrogen-bond acceptors (Lipinski definition) is 4. The molecule has 1 heterocycles. The summed E-state index contributed by atoms with van der Waals surface area (Å²) in [5.74, 6) is 0.800. The van der Waals surface area contributed by atoms with E-state index in [9.17, 15) is 13.2 Å². The summed E-state index contributed by atoms with van der Waals surface area (Å²) in [5, 5.41) is 4.57. The number of sulfonamides is 1. The van der Waals surface area contributed by atoms with Gasteiger partial charge in [0.05, 0.1) is 17.5 Å². The normalized spacial score (nSPS) is 12.4. The monoisotopic (exact) mass is 484 g/mol. The Bertz CT molecular complexity index is 1280. The highest BCUT2D eigenvalue weighted by molar-refractivity contribution is 7.89. The fourth-order valence-corrected chi connectivity index (χ4v) is 5.49. The molecule has 3 aromatic rings. The fourth-order valence-electron chi connectivity index (χ4n) is 3.84. The molecule has 0 radical (unpaired) electrons. The van der Waals surface area contributed by atoms with E-state index in [1.807, 2.05) is 71.0 Å². The van der Waals surface area contributed by atoms with Gasteiger partial charge in [0.15, 0.2) is 0 Å². The Labute approximate surface area is 202 Å². The Morgan fingerprint density at radius 1 is 1.03 bits per heavy atom. The van der Waals surface area contributed by atoms with Crippen LogP contribution in [0.5, 0.6) is 0 Å². The van der Waals surface area contributed by atoms with Crippen molar-refractivity contribution in [3.63, 3.8) is 0 Å². The first kappa shape index (κ1) is 25.9. The number of nitrogens with zero attached hydrogens (tertiary/aromatic N) is 3. The molecule has 2 aromatic carbocycles. The second-order valence-corrected chi connectivity index (χ2v) is 11.6. The van der Waals surface area contributed by atoms with E-state index in [2.05, 4.69) is 16.7 Å². The summed E-state index contributed by atoms with van der Waals surface area (Å²) in [5.41, 5.74) is 1.71. The van der Waals surface area contributed by atoms with Gasteiger partial charge in [-0.15, -0.1) is 0 Å². The summed E-state index contributed by atoms with van der Waals surface area (Å²) < 4.78 is 32.0. The molecular weight excluding hydrogens is 448 g/mol. The second kappa shape index (κ2) is 10.3. The molecule has 0 saturated heterocycles. The molecule has 0 saturated carbocycles. The molecule has 0 aliphatic rings. The lowest BCUT2D eigenvalue weighted by molar-refractivity contribution is 0.491. The number of nitrogens with one attached hydrogen (secondary N) is 1. The highest BCUT2D eigenvalue weighted by atomic mass is 32.2. The van der Waals surface area contributed by atoms with Crippen molar-refractivity contribution in [2.75, 3.05) is 0 Å². The van der Waals surface area contributed by atoms with Crippen LogP contribution < -0.4 is 10.4 Å². The second-order valence-electron chi connectivity index (χ2n) is 9.98. The van der Waals surface area contributed by atoms with E-state index >= 15 is 0 Å². The van der Waals surface area contributed by atoms with E-state index in [4.69, 9.17) is 0 Å². The average Bonchev–Trinajstić information content (AvgIpc) is 3.07. The van der Waals surface area contributed by atoms with Crippen LogP contribution >= 0.6 is 0 Å². The van der Waals surface area contributed by atoms with Gasteiger partial charge in [-0.3, -0.25) is 4.57 Å². The Hall–Kier alpha value is -2.71. The molecule has 0 aliphatic heterocycles. The lowest BCUT2D eigenvalue weighted by atomic mass is 10.0. The third-order valence-corrected chi connectivity index (χ3v) is 7.24. The SMILES string of the molecule is CCCCc1nn(C(C)C)c(=O)n1Cc1ccc(-c2ccccc2S(=O)(=O)NC(C)(C)C)cc1. The predicted octanol–water partition coefficient (Wildman–Crippen LogP) is 4.76. The van der Waals surface area contributed by atoms with Crippen molar-refractivity contribution in [1.29, 1.82) is 0 Å². The molecule has 3 rings (SSSR count). The lowest BCUT2D eigenvalue weighted by Gasteiger charge is -2.21. The van der Waals surface area contributed by atoms with Crippen LogP contribution in [0.1, 0.15) is 71.8 Å². The molecule has 0 amide bonds. The van der Waals surface area contributed by atoms with Crippen LogP contribution in [-0.2, 0) is 23.0 Å². The highest BCUT2D eigenvalue weighted by Gasteiger charge is 2.24. The smallest absolute Gasteiger partial charge is 0.274 e. The van der Waals surface area contributed by atoms with Gasteiger partial charge in [0.1, 0.15) is 5.82 Å². The minimum Gasteiger partial charge on any atom is -0.274 e. The number of unbranched alkanes of at least 4 members (excludes halogenated alkanes) is 1. The Morgan fingerprint density at radius 3 is 2.26 bits per heavy atom. The molecule has 0 aliphatic carbocycles. The summed E-state index contributed by atoms with van der Waals surface area (Å²) in [4.78, 5) is 13.2. The van der Waals surface area contributed by atoms with Gasteiger partial charge in [-0.05, 0) is 58.2 Å². The Morgan fingerprint density at radius 2 is 1.68 bits per heavy atom. The zero-order valence-corrected chi connectivity index (χ0v) is 21.8. The van der Waals surface area contributed by atoms with Crippen molar-refractivity contribution < 1.29 is 8.42 Å². The first-order chi connectivity index (χ1) is 15.9. The lowest BCUT2D eigenvalue weighted by Crippen LogP contribution is -2.40. The van der Waals surface area contributed by atoms with Gasteiger partial charge in [-0.2, -0.15) is 5.10 Å². The van der Waals surface area contributed by atoms with E-state index in [-0.39, 0.29) is 16.6 Å². The topological polar surface area (TPSA) is 86.0 Å². The van der Waals surface area contributed by atoms with Gasteiger partial charge in [-0.1, -0.05) is 55.8 Å². The van der Waals surface area contributed by atoms with Gasteiger partial charge >= 0.3 is 5.69 Å². The first-order valence-electron chi connectivity index (χ1n) is 11.8. The van der Waals surface area contributed by atoms with Crippen molar-refractivity contribution in [1.82, 2.24) is 19.1 Å². The summed E-state index contributed by atoms with van der Waals surface area (Å²) in [6.07, 6.45) is 2.76. The summed E-state index contributed by atoms with van der Waals surface area (Å²) >= 11 is 0. The van der Waals surface area contributed by atoms with Crippen LogP contribution in [0.4, 0.5) is 0 Å². The molecule has 0 bridgehead atoms. The van der Waals surface area contributed by atoms with Crippen LogP contribution in [0.3, 0.4) is 0 Å². The predicted molar refractivity (Wildman–Crippen MR) is 137 cm³/mol. The van der Waals surface area contributed by atoms with Crippen LogP contribution in [0.15, 0.2) is 58.2 Å². The summed E-state index contributed by atoms with van der Waals surface area (Å²) in [6.45, 7) is 11.9. The number of hydrogen-bond donors (Lipinski definition) is 1. The van der Waals surface area contributed by atoms with Crippen molar-refractivity contribution in [2.45, 2.75) is 83.8 Å². The van der Waals surface area contributed by atoms with Gasteiger partial charge < -0.3 is 0 Å². The van der Waals surface area contributed by atoms with Crippen molar-refractivity contribution in [3.05, 3.63) is 70.4 Å². The van der Waals surface area contributed by atoms with Crippen molar-refractivity contribution >= 4 is 10.0 Å². The van der Waals surface area contributed by atoms with Gasteiger partial charge in [0, 0.05) is 17.5 Å².